The van der Waals surface area contributed by atoms with Crippen LogP contribution in [0.15, 0.2) is 12.2 Å². The lowest BCUT2D eigenvalue weighted by Crippen LogP contribution is -2.00. The number of halogens is 2. The summed E-state index contributed by atoms with van der Waals surface area (Å²) in [5.41, 5.74) is 1.28. The molecule has 0 aliphatic rings. The molecule has 11 heavy (non-hydrogen) atoms. The van der Waals surface area contributed by atoms with Crippen LogP contribution in [0.1, 0.15) is 32.6 Å². The molecule has 0 aliphatic carbocycles. The van der Waals surface area contributed by atoms with Crippen LogP contribution in [0.5, 0.6) is 0 Å². The fraction of sp³-hybridized carbons (Fsp3) is 0.778. The van der Waals surface area contributed by atoms with E-state index in [9.17, 15) is 4.39 Å². The third-order valence-electron chi connectivity index (χ3n) is 1.74. The van der Waals surface area contributed by atoms with Gasteiger partial charge in [0.25, 0.3) is 0 Å². The number of hydrogen-bond acceptors (Lipinski definition) is 0. The van der Waals surface area contributed by atoms with Crippen molar-refractivity contribution in [3.8, 4) is 0 Å². The molecule has 0 aromatic rings. The Morgan fingerprint density at radius 2 is 2.18 bits per heavy atom. The zero-order valence-corrected chi connectivity index (χ0v) is 9.23. The molecule has 0 spiro atoms. The van der Waals surface area contributed by atoms with E-state index in [2.05, 4.69) is 36.1 Å². The van der Waals surface area contributed by atoms with Crippen LogP contribution in [0, 0.1) is 0 Å². The molecule has 0 saturated carbocycles. The first kappa shape index (κ1) is 11.4. The smallest absolute Gasteiger partial charge is 0.0894 e. The number of alkyl halides is 2. The van der Waals surface area contributed by atoms with Gasteiger partial charge in [0.2, 0.25) is 0 Å². The van der Waals surface area contributed by atoms with Gasteiger partial charge in [-0.25, -0.2) is 0 Å². The van der Waals surface area contributed by atoms with Crippen molar-refractivity contribution in [3.63, 3.8) is 0 Å². The van der Waals surface area contributed by atoms with Gasteiger partial charge in [-0.1, -0.05) is 41.7 Å². The summed E-state index contributed by atoms with van der Waals surface area (Å²) in [6.07, 6.45) is 3.82. The molecule has 1 atom stereocenters. The highest BCUT2D eigenvalue weighted by atomic mass is 127. The molecule has 0 aliphatic heterocycles. The minimum atomic E-state index is -0.179. The fourth-order valence-electron chi connectivity index (χ4n) is 0.844. The predicted molar refractivity (Wildman–Crippen MR) is 57.1 cm³/mol. The molecule has 0 fully saturated rings. The first-order valence-corrected chi connectivity index (χ1v) is 5.34. The lowest BCUT2D eigenvalue weighted by atomic mass is 10.1. The van der Waals surface area contributed by atoms with Crippen molar-refractivity contribution in [1.29, 1.82) is 0 Å². The van der Waals surface area contributed by atoms with Crippen molar-refractivity contribution in [2.75, 3.05) is 6.67 Å². The van der Waals surface area contributed by atoms with Crippen molar-refractivity contribution in [2.45, 2.75) is 36.5 Å². The first-order valence-electron chi connectivity index (χ1n) is 4.10. The number of rotatable bonds is 6. The Morgan fingerprint density at radius 3 is 2.64 bits per heavy atom. The Morgan fingerprint density at radius 1 is 1.55 bits per heavy atom. The van der Waals surface area contributed by atoms with Gasteiger partial charge in [-0.3, -0.25) is 4.39 Å². The van der Waals surface area contributed by atoms with E-state index in [-0.39, 0.29) is 6.67 Å². The Hall–Kier alpha value is 0.400. The SMILES string of the molecule is C=C(CC)C(I)CCCCF. The van der Waals surface area contributed by atoms with E-state index in [4.69, 9.17) is 0 Å². The summed E-state index contributed by atoms with van der Waals surface area (Å²) >= 11 is 2.39. The summed E-state index contributed by atoms with van der Waals surface area (Å²) in [4.78, 5) is 0. The molecule has 0 amide bonds. The summed E-state index contributed by atoms with van der Waals surface area (Å²) in [5.74, 6) is 0. The maximum Gasteiger partial charge on any atom is 0.0894 e. The maximum absolute atomic E-state index is 11.7. The lowest BCUT2D eigenvalue weighted by molar-refractivity contribution is 0.458. The van der Waals surface area contributed by atoms with E-state index in [1.807, 2.05) is 0 Å². The number of unbranched alkanes of at least 4 members (excludes halogenated alkanes) is 1. The second-order valence-corrected chi connectivity index (χ2v) is 4.17. The molecule has 0 rings (SSSR count). The van der Waals surface area contributed by atoms with Crippen molar-refractivity contribution < 1.29 is 4.39 Å². The van der Waals surface area contributed by atoms with Crippen LogP contribution in [0.2, 0.25) is 0 Å². The molecule has 0 aromatic carbocycles. The summed E-state index contributed by atoms with van der Waals surface area (Å²) in [6, 6.07) is 0. The van der Waals surface area contributed by atoms with E-state index >= 15 is 0 Å². The predicted octanol–water partition coefficient (Wildman–Crippen LogP) is 3.90. The minimum absolute atomic E-state index is 0.179. The molecule has 1 unspecified atom stereocenters. The van der Waals surface area contributed by atoms with Gasteiger partial charge in [0.1, 0.15) is 0 Å². The van der Waals surface area contributed by atoms with Gasteiger partial charge in [0.05, 0.1) is 6.67 Å². The second-order valence-electron chi connectivity index (χ2n) is 2.66. The normalized spacial score (nSPS) is 13.0. The summed E-state index contributed by atoms with van der Waals surface area (Å²) in [6.45, 7) is 5.89. The second kappa shape index (κ2) is 7.07. The van der Waals surface area contributed by atoms with Gasteiger partial charge < -0.3 is 0 Å². The van der Waals surface area contributed by atoms with E-state index in [0.29, 0.717) is 10.3 Å². The Kier molecular flexibility index (Phi) is 7.33. The summed E-state index contributed by atoms with van der Waals surface area (Å²) < 4.78 is 12.2. The fourth-order valence-corrected chi connectivity index (χ4v) is 1.72. The minimum Gasteiger partial charge on any atom is -0.251 e. The van der Waals surface area contributed by atoms with Crippen LogP contribution in [0.4, 0.5) is 4.39 Å². The van der Waals surface area contributed by atoms with Crippen LogP contribution in [-0.4, -0.2) is 10.6 Å². The van der Waals surface area contributed by atoms with Crippen LogP contribution in [0.3, 0.4) is 0 Å². The standard InChI is InChI=1S/C9H16FI/c1-3-8(2)9(11)6-4-5-7-10/h9H,2-7H2,1H3. The van der Waals surface area contributed by atoms with E-state index in [1.54, 1.807) is 0 Å². The maximum atomic E-state index is 11.7. The quantitative estimate of drug-likeness (QED) is 0.297. The zero-order valence-electron chi connectivity index (χ0n) is 7.08. The number of hydrogen-bond donors (Lipinski definition) is 0. The zero-order chi connectivity index (χ0) is 8.69. The molecular formula is C9H16FI. The van der Waals surface area contributed by atoms with Crippen molar-refractivity contribution in [1.82, 2.24) is 0 Å². The molecule has 66 valence electrons. The Balaban J connectivity index is 3.36. The highest BCUT2D eigenvalue weighted by Gasteiger charge is 2.05. The van der Waals surface area contributed by atoms with Gasteiger partial charge >= 0.3 is 0 Å². The molecule has 0 saturated heterocycles. The third kappa shape index (κ3) is 5.65. The van der Waals surface area contributed by atoms with Gasteiger partial charge in [-0.15, -0.1) is 0 Å². The molecule has 2 heteroatoms. The van der Waals surface area contributed by atoms with E-state index in [0.717, 1.165) is 19.3 Å². The summed E-state index contributed by atoms with van der Waals surface area (Å²) in [5, 5.41) is 0. The van der Waals surface area contributed by atoms with Gasteiger partial charge in [0.15, 0.2) is 0 Å². The largest absolute Gasteiger partial charge is 0.251 e. The molecule has 0 radical (unpaired) electrons. The van der Waals surface area contributed by atoms with E-state index < -0.39 is 0 Å². The first-order chi connectivity index (χ1) is 5.22. The molecule has 0 aromatic heterocycles. The van der Waals surface area contributed by atoms with Crippen LogP contribution >= 0.6 is 22.6 Å². The van der Waals surface area contributed by atoms with Crippen LogP contribution in [0.25, 0.3) is 0 Å². The average molecular weight is 270 g/mol. The molecule has 0 heterocycles. The van der Waals surface area contributed by atoms with Crippen molar-refractivity contribution >= 4 is 22.6 Å². The number of allylic oxidation sites excluding steroid dienone is 1. The van der Waals surface area contributed by atoms with Crippen molar-refractivity contribution in [3.05, 3.63) is 12.2 Å². The van der Waals surface area contributed by atoms with Gasteiger partial charge in [-0.05, 0) is 25.7 Å². The van der Waals surface area contributed by atoms with E-state index in [1.165, 1.54) is 5.57 Å². The van der Waals surface area contributed by atoms with Crippen LogP contribution in [-0.2, 0) is 0 Å². The Labute approximate surface area is 82.4 Å². The monoisotopic (exact) mass is 270 g/mol. The third-order valence-corrected chi connectivity index (χ3v) is 3.24. The lowest BCUT2D eigenvalue weighted by Gasteiger charge is -2.09. The van der Waals surface area contributed by atoms with Gasteiger partial charge in [-0.2, -0.15) is 0 Å². The molecule has 0 nitrogen and oxygen atoms in total. The molecular weight excluding hydrogens is 254 g/mol. The summed E-state index contributed by atoms with van der Waals surface area (Å²) in [7, 11) is 0. The average Bonchev–Trinajstić information content (AvgIpc) is 2.03. The highest BCUT2D eigenvalue weighted by Crippen LogP contribution is 2.20. The highest BCUT2D eigenvalue weighted by molar-refractivity contribution is 14.1. The Bertz CT molecular complexity index is 112. The molecule has 0 N–H and O–H groups in total. The van der Waals surface area contributed by atoms with Crippen LogP contribution < -0.4 is 0 Å². The topological polar surface area (TPSA) is 0 Å². The molecule has 0 bridgehead atoms. The van der Waals surface area contributed by atoms with Gasteiger partial charge in [0, 0.05) is 3.92 Å². The van der Waals surface area contributed by atoms with Crippen molar-refractivity contribution in [2.24, 2.45) is 0 Å².